The summed E-state index contributed by atoms with van der Waals surface area (Å²) in [6.07, 6.45) is 9.87. The number of rotatable bonds is 9. The molecule has 2 aliphatic rings. The number of halogens is 1. The van der Waals surface area contributed by atoms with Crippen molar-refractivity contribution in [3.05, 3.63) is 58.7 Å². The van der Waals surface area contributed by atoms with Crippen LogP contribution in [-0.2, 0) is 19.0 Å². The van der Waals surface area contributed by atoms with Crippen molar-refractivity contribution in [1.82, 2.24) is 5.32 Å². The summed E-state index contributed by atoms with van der Waals surface area (Å²) < 4.78 is 31.2. The topological polar surface area (TPSA) is 56.8 Å². The van der Waals surface area contributed by atoms with E-state index in [0.717, 1.165) is 24.1 Å². The Bertz CT molecular complexity index is 787. The second-order valence-corrected chi connectivity index (χ2v) is 8.39. The van der Waals surface area contributed by atoms with E-state index in [1.165, 1.54) is 20.5 Å². The van der Waals surface area contributed by atoms with Crippen LogP contribution in [0, 0.1) is 11.8 Å². The predicted molar refractivity (Wildman–Crippen MR) is 116 cm³/mol. The van der Waals surface area contributed by atoms with Gasteiger partial charge >= 0.3 is 5.97 Å². The van der Waals surface area contributed by atoms with Crippen molar-refractivity contribution in [2.45, 2.75) is 46.2 Å². The molecule has 0 aromatic rings. The van der Waals surface area contributed by atoms with Crippen molar-refractivity contribution < 1.29 is 23.4 Å². The second kappa shape index (κ2) is 10.5. The number of carbonyl (C=O) groups excluding carboxylic acids is 1. The average Bonchev–Trinajstić information content (AvgIpc) is 2.69. The van der Waals surface area contributed by atoms with Crippen LogP contribution in [0.25, 0.3) is 0 Å². The van der Waals surface area contributed by atoms with Crippen molar-refractivity contribution >= 4 is 5.97 Å². The summed E-state index contributed by atoms with van der Waals surface area (Å²) in [4.78, 5) is 12.2. The van der Waals surface area contributed by atoms with Crippen LogP contribution < -0.4 is 5.32 Å². The van der Waals surface area contributed by atoms with Gasteiger partial charge < -0.3 is 19.5 Å². The third-order valence-corrected chi connectivity index (χ3v) is 5.26. The monoisotopic (exact) mass is 419 g/mol. The Morgan fingerprint density at radius 1 is 1.37 bits per heavy atom. The highest BCUT2D eigenvalue weighted by Gasteiger charge is 2.33. The number of esters is 1. The molecule has 0 saturated heterocycles. The summed E-state index contributed by atoms with van der Waals surface area (Å²) >= 11 is 0. The minimum Gasteiger partial charge on any atom is -0.503 e. The molecule has 0 fully saturated rings. The van der Waals surface area contributed by atoms with Gasteiger partial charge in [0.2, 0.25) is 0 Å². The van der Waals surface area contributed by atoms with Gasteiger partial charge in [0.05, 0.1) is 20.5 Å². The summed E-state index contributed by atoms with van der Waals surface area (Å²) in [7, 11) is 2.83. The lowest BCUT2D eigenvalue weighted by molar-refractivity contribution is -0.135. The molecule has 0 bridgehead atoms. The first-order valence-corrected chi connectivity index (χ1v) is 10.4. The molecule has 5 nitrogen and oxygen atoms in total. The Balaban J connectivity index is 2.22. The number of carbonyl (C=O) groups is 1. The first kappa shape index (κ1) is 23.8. The van der Waals surface area contributed by atoms with Gasteiger partial charge in [0, 0.05) is 18.7 Å². The maximum Gasteiger partial charge on any atom is 0.341 e. The van der Waals surface area contributed by atoms with Crippen LogP contribution in [0.4, 0.5) is 4.39 Å². The standard InChI is InChI=1S/C24H34FNO4/c1-16(2)13-26-22-11-10-18(12-24(22,4)25)30-15-20-17(3)8-7-9-19(20)21(14-28-5)23(27)29-6/h7,9-11,14,16-17,26H,8,12-13,15H2,1-6H3/b21-14+. The van der Waals surface area contributed by atoms with Gasteiger partial charge in [-0.05, 0) is 48.5 Å². The number of alkyl halides is 1. The summed E-state index contributed by atoms with van der Waals surface area (Å²) in [6.45, 7) is 8.80. The Labute approximate surface area is 179 Å². The molecule has 2 rings (SSSR count). The molecule has 1 N–H and O–H groups in total. The van der Waals surface area contributed by atoms with Crippen LogP contribution in [0.1, 0.15) is 40.5 Å². The van der Waals surface area contributed by atoms with E-state index in [2.05, 4.69) is 26.1 Å². The summed E-state index contributed by atoms with van der Waals surface area (Å²) in [5, 5.41) is 3.19. The number of allylic oxidation sites excluding steroid dienone is 6. The van der Waals surface area contributed by atoms with E-state index in [1.807, 2.05) is 18.2 Å². The van der Waals surface area contributed by atoms with Crippen LogP contribution in [0.2, 0.25) is 0 Å². The minimum atomic E-state index is -1.51. The minimum absolute atomic E-state index is 0.161. The molecule has 0 aromatic heterocycles. The lowest BCUT2D eigenvalue weighted by Gasteiger charge is -2.30. The molecule has 0 spiro atoms. The molecule has 0 heterocycles. The molecule has 6 heteroatoms. The van der Waals surface area contributed by atoms with Crippen LogP contribution >= 0.6 is 0 Å². The number of hydrogen-bond donors (Lipinski definition) is 1. The van der Waals surface area contributed by atoms with Crippen molar-refractivity contribution in [2.24, 2.45) is 11.8 Å². The van der Waals surface area contributed by atoms with Crippen molar-refractivity contribution in [3.63, 3.8) is 0 Å². The van der Waals surface area contributed by atoms with Gasteiger partial charge in [0.25, 0.3) is 0 Å². The van der Waals surface area contributed by atoms with E-state index >= 15 is 4.39 Å². The third-order valence-electron chi connectivity index (χ3n) is 5.26. The first-order chi connectivity index (χ1) is 14.2. The zero-order valence-corrected chi connectivity index (χ0v) is 18.9. The summed E-state index contributed by atoms with van der Waals surface area (Å²) in [5.74, 6) is 0.715. The number of ether oxygens (including phenoxy) is 3. The molecule has 30 heavy (non-hydrogen) atoms. The normalized spacial score (nSPS) is 24.4. The molecular formula is C24H34FNO4. The van der Waals surface area contributed by atoms with Crippen LogP contribution in [0.15, 0.2) is 58.7 Å². The van der Waals surface area contributed by atoms with Gasteiger partial charge in [-0.1, -0.05) is 32.9 Å². The first-order valence-electron chi connectivity index (χ1n) is 10.4. The van der Waals surface area contributed by atoms with Crippen molar-refractivity contribution in [3.8, 4) is 0 Å². The van der Waals surface area contributed by atoms with Gasteiger partial charge in [-0.25, -0.2) is 9.18 Å². The average molecular weight is 420 g/mol. The molecule has 0 aliphatic heterocycles. The molecule has 166 valence electrons. The highest BCUT2D eigenvalue weighted by atomic mass is 19.1. The summed E-state index contributed by atoms with van der Waals surface area (Å²) in [5.41, 5.74) is 1.10. The summed E-state index contributed by atoms with van der Waals surface area (Å²) in [6, 6.07) is 0. The van der Waals surface area contributed by atoms with E-state index in [9.17, 15) is 4.79 Å². The lowest BCUT2D eigenvalue weighted by Crippen LogP contribution is -2.35. The fourth-order valence-electron chi connectivity index (χ4n) is 3.50. The smallest absolute Gasteiger partial charge is 0.341 e. The Kier molecular flexibility index (Phi) is 8.33. The molecule has 2 atom stereocenters. The van der Waals surface area contributed by atoms with E-state index in [-0.39, 0.29) is 18.9 Å². The SMILES string of the molecule is CO/C=C(/C(=O)OC)C1=C(COC2=CC=C(NCC(C)C)C(C)(F)C2)C(C)CC=C1. The number of methoxy groups -OCH3 is 2. The quantitative estimate of drug-likeness (QED) is 0.332. The van der Waals surface area contributed by atoms with E-state index in [0.29, 0.717) is 22.9 Å². The largest absolute Gasteiger partial charge is 0.503 e. The molecule has 0 radical (unpaired) electrons. The zero-order valence-electron chi connectivity index (χ0n) is 18.9. The van der Waals surface area contributed by atoms with Gasteiger partial charge in [-0.2, -0.15) is 0 Å². The predicted octanol–water partition coefficient (Wildman–Crippen LogP) is 4.74. The van der Waals surface area contributed by atoms with E-state index in [1.54, 1.807) is 13.0 Å². The van der Waals surface area contributed by atoms with Crippen LogP contribution in [-0.4, -0.2) is 39.0 Å². The highest BCUT2D eigenvalue weighted by Crippen LogP contribution is 2.34. The Morgan fingerprint density at radius 2 is 2.10 bits per heavy atom. The Hall–Kier alpha value is -2.50. The molecule has 0 amide bonds. The second-order valence-electron chi connectivity index (χ2n) is 8.39. The third kappa shape index (κ3) is 6.00. The maximum atomic E-state index is 15.2. The molecule has 2 unspecified atom stereocenters. The number of nitrogens with one attached hydrogen (secondary N) is 1. The van der Waals surface area contributed by atoms with Crippen molar-refractivity contribution in [1.29, 1.82) is 0 Å². The van der Waals surface area contributed by atoms with E-state index < -0.39 is 11.6 Å². The van der Waals surface area contributed by atoms with Gasteiger partial charge in [-0.15, -0.1) is 0 Å². The highest BCUT2D eigenvalue weighted by molar-refractivity contribution is 5.94. The molecular weight excluding hydrogens is 385 g/mol. The number of hydrogen-bond acceptors (Lipinski definition) is 5. The molecule has 2 aliphatic carbocycles. The van der Waals surface area contributed by atoms with E-state index in [4.69, 9.17) is 14.2 Å². The van der Waals surface area contributed by atoms with Gasteiger partial charge in [0.15, 0.2) is 5.67 Å². The lowest BCUT2D eigenvalue weighted by atomic mass is 9.85. The fourth-order valence-corrected chi connectivity index (χ4v) is 3.50. The van der Waals surface area contributed by atoms with Crippen LogP contribution in [0.5, 0.6) is 0 Å². The van der Waals surface area contributed by atoms with Gasteiger partial charge in [0.1, 0.15) is 17.9 Å². The maximum absolute atomic E-state index is 15.2. The van der Waals surface area contributed by atoms with Crippen molar-refractivity contribution in [2.75, 3.05) is 27.4 Å². The fraction of sp³-hybridized carbons (Fsp3) is 0.542. The molecule has 0 aromatic carbocycles. The van der Waals surface area contributed by atoms with Gasteiger partial charge in [-0.3, -0.25) is 0 Å². The molecule has 0 saturated carbocycles. The Morgan fingerprint density at radius 3 is 2.70 bits per heavy atom. The van der Waals surface area contributed by atoms with Crippen LogP contribution in [0.3, 0.4) is 0 Å². The zero-order chi connectivity index (χ0) is 22.3.